The Hall–Kier alpha value is 0.420. The molecular formula is C6H17NO2P2. The van der Waals surface area contributed by atoms with Crippen molar-refractivity contribution in [2.24, 2.45) is 0 Å². The first-order valence-corrected chi connectivity index (χ1v) is 8.69. The first-order valence-electron chi connectivity index (χ1n) is 3.58. The van der Waals surface area contributed by atoms with Crippen molar-refractivity contribution in [2.75, 3.05) is 33.2 Å². The lowest BCUT2D eigenvalue weighted by molar-refractivity contribution is 0.514. The molecule has 0 atom stereocenters. The maximum atomic E-state index is 11.5. The van der Waals surface area contributed by atoms with Crippen LogP contribution >= 0.6 is 14.6 Å². The minimum absolute atomic E-state index is 0.592. The van der Waals surface area contributed by atoms with Crippen LogP contribution in [0.5, 0.6) is 0 Å². The van der Waals surface area contributed by atoms with Gasteiger partial charge in [-0.2, -0.15) is 0 Å². The smallest absolute Gasteiger partial charge is 0.150 e. The van der Waals surface area contributed by atoms with Crippen molar-refractivity contribution >= 4 is 14.6 Å². The van der Waals surface area contributed by atoms with Crippen molar-refractivity contribution in [3.63, 3.8) is 0 Å². The molecule has 0 aromatic rings. The molecule has 0 rings (SSSR count). The third kappa shape index (κ3) is 3.55. The van der Waals surface area contributed by atoms with Crippen LogP contribution < -0.4 is 0 Å². The summed E-state index contributed by atoms with van der Waals surface area (Å²) >= 11 is 0. The molecule has 0 aliphatic carbocycles. The van der Waals surface area contributed by atoms with E-state index in [2.05, 4.69) is 0 Å². The molecule has 11 heavy (non-hydrogen) atoms. The second kappa shape index (κ2) is 3.43. The van der Waals surface area contributed by atoms with Crippen molar-refractivity contribution in [1.29, 1.82) is 0 Å². The number of hydrogen-bond acceptors (Lipinski definition) is 2. The topological polar surface area (TPSA) is 37.4 Å². The molecule has 3 nitrogen and oxygen atoms in total. The average Bonchev–Trinajstić information content (AvgIpc) is 1.56. The normalized spacial score (nSPS) is 14.0. The fourth-order valence-corrected chi connectivity index (χ4v) is 6.71. The molecule has 68 valence electrons. The van der Waals surface area contributed by atoms with E-state index in [-0.39, 0.29) is 0 Å². The van der Waals surface area contributed by atoms with E-state index < -0.39 is 14.6 Å². The maximum Gasteiger partial charge on any atom is 0.150 e. The van der Waals surface area contributed by atoms with Gasteiger partial charge in [0, 0.05) is 33.2 Å². The van der Waals surface area contributed by atoms with Crippen LogP contribution in [0.25, 0.3) is 0 Å². The summed E-state index contributed by atoms with van der Waals surface area (Å²) in [6, 6.07) is 0. The number of rotatable bonds is 3. The van der Waals surface area contributed by atoms with Crippen LogP contribution in [0.15, 0.2) is 0 Å². The monoisotopic (exact) mass is 197 g/mol. The molecule has 5 heteroatoms. The summed E-state index contributed by atoms with van der Waals surface area (Å²) in [6.07, 6.45) is 0. The molecular weight excluding hydrogens is 180 g/mol. The number of hydrogen-bond donors (Lipinski definition) is 0. The van der Waals surface area contributed by atoms with Crippen LogP contribution in [0.4, 0.5) is 0 Å². The van der Waals surface area contributed by atoms with E-state index >= 15 is 0 Å². The van der Waals surface area contributed by atoms with E-state index in [4.69, 9.17) is 0 Å². The zero-order chi connectivity index (χ0) is 9.28. The largest absolute Gasteiger partial charge is 0.307 e. The molecule has 0 heterocycles. The van der Waals surface area contributed by atoms with Gasteiger partial charge in [-0.3, -0.25) is 0 Å². The van der Waals surface area contributed by atoms with Crippen LogP contribution in [-0.4, -0.2) is 37.6 Å². The molecule has 0 fully saturated rings. The Balaban J connectivity index is 4.72. The van der Waals surface area contributed by atoms with E-state index in [0.29, 0.717) is 6.54 Å². The summed E-state index contributed by atoms with van der Waals surface area (Å²) in [4.78, 5) is 0. The van der Waals surface area contributed by atoms with Gasteiger partial charge in [-0.1, -0.05) is 6.92 Å². The highest BCUT2D eigenvalue weighted by Crippen LogP contribution is 2.58. The highest BCUT2D eigenvalue weighted by atomic mass is 31.2. The minimum atomic E-state index is -2.33. The first-order chi connectivity index (χ1) is 4.69. The molecule has 0 aromatic heterocycles. The van der Waals surface area contributed by atoms with Crippen LogP contribution in [0.2, 0.25) is 0 Å². The Morgan fingerprint density at radius 1 is 1.00 bits per heavy atom. The van der Waals surface area contributed by atoms with Gasteiger partial charge < -0.3 is 9.13 Å². The third-order valence-corrected chi connectivity index (χ3v) is 6.77. The summed E-state index contributed by atoms with van der Waals surface area (Å²) in [5.74, 6) is 0. The summed E-state index contributed by atoms with van der Waals surface area (Å²) in [5, 5.41) is 0. The lowest BCUT2D eigenvalue weighted by Gasteiger charge is -2.28. The zero-order valence-corrected chi connectivity index (χ0v) is 9.65. The van der Waals surface area contributed by atoms with Crippen LogP contribution in [0.3, 0.4) is 0 Å². The van der Waals surface area contributed by atoms with Crippen molar-refractivity contribution in [3.8, 4) is 0 Å². The summed E-state index contributed by atoms with van der Waals surface area (Å²) in [6.45, 7) is 9.06. The van der Waals surface area contributed by atoms with E-state index in [1.807, 2.05) is 6.92 Å². The molecule has 0 N–H and O–H groups in total. The van der Waals surface area contributed by atoms with Crippen LogP contribution in [-0.2, 0) is 9.13 Å². The SMILES string of the molecule is CCN(P(C)(C)=O)P(C)(C)=O. The minimum Gasteiger partial charge on any atom is -0.307 e. The van der Waals surface area contributed by atoms with Gasteiger partial charge in [0.15, 0.2) is 0 Å². The standard InChI is InChI=1S/C6H17NO2P2/c1-6-7(10(2,3)8)11(4,5)9/h6H2,1-5H3. The van der Waals surface area contributed by atoms with E-state index in [1.54, 1.807) is 31.1 Å². The third-order valence-electron chi connectivity index (χ3n) is 1.39. The Morgan fingerprint density at radius 2 is 1.27 bits per heavy atom. The van der Waals surface area contributed by atoms with Gasteiger partial charge >= 0.3 is 0 Å². The van der Waals surface area contributed by atoms with E-state index in [1.165, 1.54) is 0 Å². The predicted molar refractivity (Wildman–Crippen MR) is 51.3 cm³/mol. The molecule has 0 aliphatic heterocycles. The molecule has 0 bridgehead atoms. The van der Waals surface area contributed by atoms with Gasteiger partial charge in [-0.25, -0.2) is 4.44 Å². The van der Waals surface area contributed by atoms with Crippen molar-refractivity contribution in [2.45, 2.75) is 6.92 Å². The lowest BCUT2D eigenvalue weighted by atomic mass is 10.8. The van der Waals surface area contributed by atoms with E-state index in [0.717, 1.165) is 0 Å². The number of nitrogens with zero attached hydrogens (tertiary/aromatic N) is 1. The van der Waals surface area contributed by atoms with E-state index in [9.17, 15) is 9.13 Å². The molecule has 0 saturated carbocycles. The van der Waals surface area contributed by atoms with Gasteiger partial charge in [0.2, 0.25) is 0 Å². The summed E-state index contributed by atoms with van der Waals surface area (Å²) in [7, 11) is -4.65. The van der Waals surface area contributed by atoms with Crippen LogP contribution in [0.1, 0.15) is 6.92 Å². The Morgan fingerprint density at radius 3 is 1.27 bits per heavy atom. The second-order valence-electron chi connectivity index (χ2n) is 3.28. The fourth-order valence-electron chi connectivity index (χ4n) is 1.20. The van der Waals surface area contributed by atoms with Gasteiger partial charge in [-0.05, 0) is 0 Å². The summed E-state index contributed by atoms with van der Waals surface area (Å²) < 4.78 is 24.7. The summed E-state index contributed by atoms with van der Waals surface area (Å²) in [5.41, 5.74) is 0. The molecule has 0 spiro atoms. The van der Waals surface area contributed by atoms with Crippen molar-refractivity contribution in [3.05, 3.63) is 0 Å². The Labute approximate surface area is 69.0 Å². The average molecular weight is 197 g/mol. The zero-order valence-electron chi connectivity index (χ0n) is 7.87. The molecule has 0 radical (unpaired) electrons. The first kappa shape index (κ1) is 11.4. The second-order valence-corrected chi connectivity index (χ2v) is 9.73. The molecule has 0 unspecified atom stereocenters. The van der Waals surface area contributed by atoms with Gasteiger partial charge in [-0.15, -0.1) is 0 Å². The lowest BCUT2D eigenvalue weighted by Crippen LogP contribution is -2.14. The molecule has 0 saturated heterocycles. The molecule has 0 amide bonds. The maximum absolute atomic E-state index is 11.5. The highest BCUT2D eigenvalue weighted by Gasteiger charge is 2.27. The quantitative estimate of drug-likeness (QED) is 0.652. The fraction of sp³-hybridized carbons (Fsp3) is 1.00. The Bertz CT molecular complexity index is 193. The van der Waals surface area contributed by atoms with Crippen molar-refractivity contribution < 1.29 is 9.13 Å². The van der Waals surface area contributed by atoms with Gasteiger partial charge in [0.1, 0.15) is 14.6 Å². The van der Waals surface area contributed by atoms with Crippen molar-refractivity contribution in [1.82, 2.24) is 4.44 Å². The van der Waals surface area contributed by atoms with Gasteiger partial charge in [0.25, 0.3) is 0 Å². The Kier molecular flexibility index (Phi) is 3.56. The van der Waals surface area contributed by atoms with Gasteiger partial charge in [0.05, 0.1) is 0 Å². The molecule has 0 aromatic carbocycles. The van der Waals surface area contributed by atoms with Crippen LogP contribution in [0, 0.1) is 0 Å². The molecule has 0 aliphatic rings. The highest BCUT2D eigenvalue weighted by molar-refractivity contribution is 7.75. The predicted octanol–water partition coefficient (Wildman–Crippen LogP) is 2.38.